The van der Waals surface area contributed by atoms with E-state index in [0.717, 1.165) is 19.4 Å². The molecule has 2 rings (SSSR count). The minimum atomic E-state index is -0.470. The van der Waals surface area contributed by atoms with Crippen molar-refractivity contribution in [1.29, 1.82) is 0 Å². The molecule has 1 aliphatic rings. The third-order valence-electron chi connectivity index (χ3n) is 3.98. The van der Waals surface area contributed by atoms with Crippen LogP contribution >= 0.6 is 0 Å². The predicted octanol–water partition coefficient (Wildman–Crippen LogP) is 2.71. The Kier molecular flexibility index (Phi) is 6.76. The second kappa shape index (κ2) is 8.82. The van der Waals surface area contributed by atoms with E-state index in [4.69, 9.17) is 9.47 Å². The monoisotopic (exact) mass is 364 g/mol. The molecule has 0 saturated carbocycles. The molecule has 8 nitrogen and oxygen atoms in total. The molecule has 0 aromatic carbocycles. The Balaban J connectivity index is 1.74. The van der Waals surface area contributed by atoms with Crippen LogP contribution in [0.3, 0.4) is 0 Å². The van der Waals surface area contributed by atoms with Crippen molar-refractivity contribution in [1.82, 2.24) is 14.9 Å². The first-order valence-electron chi connectivity index (χ1n) is 8.99. The number of hydrogen-bond acceptors (Lipinski definition) is 7. The fraction of sp³-hybridized carbons (Fsp3) is 0.667. The van der Waals surface area contributed by atoms with Crippen molar-refractivity contribution < 1.29 is 19.1 Å². The lowest BCUT2D eigenvalue weighted by Gasteiger charge is -2.33. The number of hydrogen-bond donors (Lipinski definition) is 1. The number of amides is 1. The van der Waals surface area contributed by atoms with Gasteiger partial charge in [0.25, 0.3) is 0 Å². The molecule has 1 aliphatic heterocycles. The fourth-order valence-electron chi connectivity index (χ4n) is 2.62. The molecule has 1 saturated heterocycles. The van der Waals surface area contributed by atoms with E-state index in [2.05, 4.69) is 15.3 Å². The van der Waals surface area contributed by atoms with Crippen LogP contribution in [0, 0.1) is 5.92 Å². The van der Waals surface area contributed by atoms with Crippen molar-refractivity contribution in [3.63, 3.8) is 0 Å². The molecule has 1 N–H and O–H groups in total. The molecule has 1 aromatic heterocycles. The maximum atomic E-state index is 12.1. The third-order valence-corrected chi connectivity index (χ3v) is 3.98. The molecular formula is C18H28N4O4. The van der Waals surface area contributed by atoms with Gasteiger partial charge in [0, 0.05) is 32.0 Å². The van der Waals surface area contributed by atoms with E-state index in [1.165, 1.54) is 12.4 Å². The SMILES string of the molecule is CCOC(=O)c1cnc(NCC2CCN(C(=O)OC(C)(C)C)CC2)nc1. The van der Waals surface area contributed by atoms with Gasteiger partial charge in [-0.15, -0.1) is 0 Å². The lowest BCUT2D eigenvalue weighted by Crippen LogP contribution is -2.42. The van der Waals surface area contributed by atoms with Gasteiger partial charge >= 0.3 is 12.1 Å². The Bertz CT molecular complexity index is 605. The van der Waals surface area contributed by atoms with Gasteiger partial charge in [-0.05, 0) is 46.5 Å². The Labute approximate surface area is 154 Å². The summed E-state index contributed by atoms with van der Waals surface area (Å²) in [6, 6.07) is 0. The van der Waals surface area contributed by atoms with Crippen LogP contribution in [-0.2, 0) is 9.47 Å². The van der Waals surface area contributed by atoms with Gasteiger partial charge in [-0.3, -0.25) is 0 Å². The molecule has 8 heteroatoms. The molecular weight excluding hydrogens is 336 g/mol. The normalized spacial score (nSPS) is 15.5. The Morgan fingerprint density at radius 2 is 1.85 bits per heavy atom. The zero-order valence-corrected chi connectivity index (χ0v) is 15.9. The molecule has 0 bridgehead atoms. The number of esters is 1. The molecule has 2 heterocycles. The van der Waals surface area contributed by atoms with Crippen LogP contribution in [0.15, 0.2) is 12.4 Å². The highest BCUT2D eigenvalue weighted by atomic mass is 16.6. The van der Waals surface area contributed by atoms with Crippen molar-refractivity contribution in [2.45, 2.75) is 46.1 Å². The zero-order chi connectivity index (χ0) is 19.2. The lowest BCUT2D eigenvalue weighted by molar-refractivity contribution is 0.0187. The van der Waals surface area contributed by atoms with E-state index in [9.17, 15) is 9.59 Å². The van der Waals surface area contributed by atoms with Crippen molar-refractivity contribution in [3.05, 3.63) is 18.0 Å². The van der Waals surface area contributed by atoms with Crippen molar-refractivity contribution >= 4 is 18.0 Å². The van der Waals surface area contributed by atoms with Crippen molar-refractivity contribution in [2.75, 3.05) is 31.6 Å². The van der Waals surface area contributed by atoms with Crippen molar-refractivity contribution in [2.24, 2.45) is 5.92 Å². The van der Waals surface area contributed by atoms with Gasteiger partial charge < -0.3 is 19.7 Å². The molecule has 0 unspecified atom stereocenters. The van der Waals surface area contributed by atoms with Gasteiger partial charge in [-0.2, -0.15) is 0 Å². The minimum absolute atomic E-state index is 0.248. The quantitative estimate of drug-likeness (QED) is 0.803. The topological polar surface area (TPSA) is 93.7 Å². The number of anilines is 1. The van der Waals surface area contributed by atoms with Gasteiger partial charge in [0.05, 0.1) is 12.2 Å². The number of carbonyl (C=O) groups is 2. The second-order valence-electron chi connectivity index (χ2n) is 7.31. The fourth-order valence-corrected chi connectivity index (χ4v) is 2.62. The summed E-state index contributed by atoms with van der Waals surface area (Å²) in [6.45, 7) is 9.77. The van der Waals surface area contributed by atoms with E-state index in [0.29, 0.717) is 37.1 Å². The highest BCUT2D eigenvalue weighted by Gasteiger charge is 2.26. The maximum absolute atomic E-state index is 12.1. The summed E-state index contributed by atoms with van der Waals surface area (Å²) >= 11 is 0. The highest BCUT2D eigenvalue weighted by Crippen LogP contribution is 2.20. The van der Waals surface area contributed by atoms with E-state index in [1.807, 2.05) is 20.8 Å². The molecule has 26 heavy (non-hydrogen) atoms. The van der Waals surface area contributed by atoms with Crippen LogP contribution in [0.5, 0.6) is 0 Å². The van der Waals surface area contributed by atoms with Crippen LogP contribution in [0.4, 0.5) is 10.7 Å². The minimum Gasteiger partial charge on any atom is -0.462 e. The number of aromatic nitrogens is 2. The Hall–Kier alpha value is -2.38. The average molecular weight is 364 g/mol. The van der Waals surface area contributed by atoms with Crippen LogP contribution in [0.2, 0.25) is 0 Å². The number of nitrogens with one attached hydrogen (secondary N) is 1. The Morgan fingerprint density at radius 1 is 1.23 bits per heavy atom. The summed E-state index contributed by atoms with van der Waals surface area (Å²) in [5.41, 5.74) is -0.134. The molecule has 1 aromatic rings. The Morgan fingerprint density at radius 3 is 2.38 bits per heavy atom. The molecule has 0 atom stereocenters. The van der Waals surface area contributed by atoms with E-state index in [-0.39, 0.29) is 6.09 Å². The smallest absolute Gasteiger partial charge is 0.410 e. The summed E-state index contributed by atoms with van der Waals surface area (Å²) in [7, 11) is 0. The first-order valence-corrected chi connectivity index (χ1v) is 8.99. The van der Waals surface area contributed by atoms with Crippen LogP contribution in [-0.4, -0.2) is 58.8 Å². The maximum Gasteiger partial charge on any atom is 0.410 e. The number of likely N-dealkylation sites (tertiary alicyclic amines) is 1. The zero-order valence-electron chi connectivity index (χ0n) is 15.9. The average Bonchev–Trinajstić information content (AvgIpc) is 2.59. The number of rotatable bonds is 5. The second-order valence-corrected chi connectivity index (χ2v) is 7.31. The number of ether oxygens (including phenoxy) is 2. The molecule has 144 valence electrons. The molecule has 1 amide bonds. The third kappa shape index (κ3) is 6.16. The van der Waals surface area contributed by atoms with E-state index < -0.39 is 11.6 Å². The molecule has 1 fully saturated rings. The first kappa shape index (κ1) is 19.9. The summed E-state index contributed by atoms with van der Waals surface area (Å²) in [5.74, 6) is 0.489. The summed E-state index contributed by atoms with van der Waals surface area (Å²) < 4.78 is 10.3. The van der Waals surface area contributed by atoms with E-state index >= 15 is 0 Å². The van der Waals surface area contributed by atoms with Crippen molar-refractivity contribution in [3.8, 4) is 0 Å². The van der Waals surface area contributed by atoms with Crippen LogP contribution < -0.4 is 5.32 Å². The van der Waals surface area contributed by atoms with Gasteiger partial charge in [0.2, 0.25) is 5.95 Å². The van der Waals surface area contributed by atoms with Gasteiger partial charge in [-0.1, -0.05) is 0 Å². The first-order chi connectivity index (χ1) is 12.3. The van der Waals surface area contributed by atoms with Crippen LogP contribution in [0.25, 0.3) is 0 Å². The summed E-state index contributed by atoms with van der Waals surface area (Å²) in [4.78, 5) is 33.7. The number of piperidine rings is 1. The summed E-state index contributed by atoms with van der Waals surface area (Å²) in [6.07, 6.45) is 4.46. The standard InChI is InChI=1S/C18H28N4O4/c1-5-25-15(23)14-11-20-16(21-12-14)19-10-13-6-8-22(9-7-13)17(24)26-18(2,3)4/h11-13H,5-10H2,1-4H3,(H,19,20,21). The van der Waals surface area contributed by atoms with Gasteiger partial charge in [0.1, 0.15) is 5.60 Å². The van der Waals surface area contributed by atoms with E-state index in [1.54, 1.807) is 11.8 Å². The molecule has 0 spiro atoms. The summed E-state index contributed by atoms with van der Waals surface area (Å²) in [5, 5.41) is 3.19. The highest BCUT2D eigenvalue weighted by molar-refractivity contribution is 5.88. The number of carbonyl (C=O) groups excluding carboxylic acids is 2. The van der Waals surface area contributed by atoms with Crippen LogP contribution in [0.1, 0.15) is 50.9 Å². The van der Waals surface area contributed by atoms with Gasteiger partial charge in [0.15, 0.2) is 0 Å². The molecule has 0 radical (unpaired) electrons. The predicted molar refractivity (Wildman–Crippen MR) is 97.0 cm³/mol. The van der Waals surface area contributed by atoms with Gasteiger partial charge in [-0.25, -0.2) is 19.6 Å². The molecule has 0 aliphatic carbocycles. The lowest BCUT2D eigenvalue weighted by atomic mass is 9.97. The number of nitrogens with zero attached hydrogens (tertiary/aromatic N) is 3. The largest absolute Gasteiger partial charge is 0.462 e.